The van der Waals surface area contributed by atoms with Crippen LogP contribution in [-0.4, -0.2) is 53.0 Å². The number of fused-ring (bicyclic) bond motifs is 1. The van der Waals surface area contributed by atoms with E-state index in [1.807, 2.05) is 18.2 Å². The van der Waals surface area contributed by atoms with Crippen molar-refractivity contribution in [1.82, 2.24) is 10.4 Å². The molecule has 8 nitrogen and oxygen atoms in total. The van der Waals surface area contributed by atoms with Crippen molar-refractivity contribution in [3.63, 3.8) is 0 Å². The molecule has 0 bridgehead atoms. The molecule has 1 fully saturated rings. The van der Waals surface area contributed by atoms with Gasteiger partial charge >= 0.3 is 12.1 Å². The van der Waals surface area contributed by atoms with Gasteiger partial charge in [0.05, 0.1) is 23.9 Å². The molecule has 1 aromatic rings. The molecular weight excluding hydrogens is 448 g/mol. The minimum absolute atomic E-state index is 0.143. The number of hydrogen-bond acceptors (Lipinski definition) is 7. The summed E-state index contributed by atoms with van der Waals surface area (Å²) in [5.74, 6) is 0.227. The van der Waals surface area contributed by atoms with Crippen molar-refractivity contribution in [2.75, 3.05) is 13.2 Å². The smallest absolute Gasteiger partial charge is 0.411 e. The Morgan fingerprint density at radius 1 is 1.15 bits per heavy atom. The van der Waals surface area contributed by atoms with E-state index in [1.165, 1.54) is 4.90 Å². The molecule has 2 atom stereocenters. The summed E-state index contributed by atoms with van der Waals surface area (Å²) in [5, 5.41) is 0.539. The maximum Gasteiger partial charge on any atom is 0.411 e. The highest BCUT2D eigenvalue weighted by atomic mass is 35.5. The normalized spacial score (nSPS) is 24.3. The monoisotopic (exact) mass is 478 g/mol. The molecule has 3 heterocycles. The van der Waals surface area contributed by atoms with Crippen molar-refractivity contribution >= 4 is 29.4 Å². The van der Waals surface area contributed by atoms with Crippen LogP contribution in [0.2, 0.25) is 5.02 Å². The van der Waals surface area contributed by atoms with Crippen molar-refractivity contribution in [3.8, 4) is 5.75 Å². The lowest BCUT2D eigenvalue weighted by molar-refractivity contribution is -0.160. The maximum absolute atomic E-state index is 13.0. The van der Waals surface area contributed by atoms with Crippen LogP contribution in [0.4, 0.5) is 4.79 Å². The van der Waals surface area contributed by atoms with Crippen LogP contribution >= 0.6 is 11.6 Å². The fraction of sp³-hybridized carbons (Fsp3) is 0.583. The minimum atomic E-state index is -0.907. The molecule has 1 aromatic carbocycles. The third-order valence-electron chi connectivity index (χ3n) is 5.48. The predicted octanol–water partition coefficient (Wildman–Crippen LogP) is 4.24. The first-order valence-electron chi connectivity index (χ1n) is 11.1. The number of amides is 1. The summed E-state index contributed by atoms with van der Waals surface area (Å²) in [6.07, 6.45) is 2.34. The van der Waals surface area contributed by atoms with Crippen LogP contribution in [0.5, 0.6) is 5.75 Å². The van der Waals surface area contributed by atoms with Crippen LogP contribution in [-0.2, 0) is 25.5 Å². The third-order valence-corrected chi connectivity index (χ3v) is 5.76. The number of ether oxygens (including phenoxy) is 3. The van der Waals surface area contributed by atoms with E-state index in [1.54, 1.807) is 41.5 Å². The Labute approximate surface area is 199 Å². The molecule has 9 heteroatoms. The topological polar surface area (TPSA) is 86.3 Å². The molecule has 0 aliphatic carbocycles. The zero-order valence-electron chi connectivity index (χ0n) is 19.9. The average Bonchev–Trinajstić information content (AvgIpc) is 3.38. The number of rotatable bonds is 2. The van der Waals surface area contributed by atoms with E-state index in [9.17, 15) is 9.59 Å². The van der Waals surface area contributed by atoms with Gasteiger partial charge in [-0.3, -0.25) is 15.2 Å². The number of hydroxylamine groups is 1. The highest BCUT2D eigenvalue weighted by molar-refractivity contribution is 6.32. The summed E-state index contributed by atoms with van der Waals surface area (Å²) in [4.78, 5) is 33.3. The van der Waals surface area contributed by atoms with E-state index in [0.29, 0.717) is 11.6 Å². The molecule has 3 aliphatic heterocycles. The Morgan fingerprint density at radius 3 is 2.52 bits per heavy atom. The predicted molar refractivity (Wildman–Crippen MR) is 123 cm³/mol. The van der Waals surface area contributed by atoms with Crippen LogP contribution in [0.15, 0.2) is 18.2 Å². The highest BCUT2D eigenvalue weighted by Crippen LogP contribution is 2.41. The molecule has 1 amide bonds. The number of nitrogens with one attached hydrogen (secondary N) is 1. The second-order valence-electron chi connectivity index (χ2n) is 10.7. The summed E-state index contributed by atoms with van der Waals surface area (Å²) in [7, 11) is 0. The van der Waals surface area contributed by atoms with Crippen LogP contribution < -0.4 is 10.2 Å². The molecule has 33 heavy (non-hydrogen) atoms. The Kier molecular flexibility index (Phi) is 5.81. The molecule has 3 aliphatic rings. The zero-order valence-corrected chi connectivity index (χ0v) is 20.7. The van der Waals surface area contributed by atoms with Crippen molar-refractivity contribution in [2.45, 2.75) is 77.2 Å². The fourth-order valence-corrected chi connectivity index (χ4v) is 4.50. The number of nitrogens with zero attached hydrogens (tertiary/aromatic N) is 1. The number of esters is 1. The van der Waals surface area contributed by atoms with Gasteiger partial charge < -0.3 is 14.2 Å². The molecule has 180 valence electrons. The van der Waals surface area contributed by atoms with Crippen molar-refractivity contribution < 1.29 is 28.6 Å². The van der Waals surface area contributed by atoms with Crippen LogP contribution in [0.1, 0.15) is 59.1 Å². The van der Waals surface area contributed by atoms with E-state index in [0.717, 1.165) is 29.0 Å². The van der Waals surface area contributed by atoms with Crippen LogP contribution in [0, 0.1) is 0 Å². The molecule has 0 unspecified atom stereocenters. The number of halogens is 1. The van der Waals surface area contributed by atoms with Gasteiger partial charge in [-0.15, -0.1) is 0 Å². The first kappa shape index (κ1) is 23.7. The number of hydrogen-bond donors (Lipinski definition) is 1. The van der Waals surface area contributed by atoms with Crippen LogP contribution in [0.3, 0.4) is 0 Å². The van der Waals surface area contributed by atoms with Crippen molar-refractivity contribution in [2.24, 2.45) is 0 Å². The number of benzene rings is 1. The third kappa shape index (κ3) is 5.06. The fourth-order valence-electron chi connectivity index (χ4n) is 4.21. The van der Waals surface area contributed by atoms with Gasteiger partial charge in [0.1, 0.15) is 28.6 Å². The highest BCUT2D eigenvalue weighted by Gasteiger charge is 2.53. The quantitative estimate of drug-likeness (QED) is 0.636. The van der Waals surface area contributed by atoms with Gasteiger partial charge in [0, 0.05) is 18.4 Å². The average molecular weight is 479 g/mol. The molecule has 0 aromatic heterocycles. The van der Waals surface area contributed by atoms with E-state index < -0.39 is 34.9 Å². The van der Waals surface area contributed by atoms with Crippen molar-refractivity contribution in [3.05, 3.63) is 34.4 Å². The largest absolute Gasteiger partial charge is 0.491 e. The molecule has 0 saturated carbocycles. The van der Waals surface area contributed by atoms with Gasteiger partial charge in [-0.05, 0) is 65.3 Å². The van der Waals surface area contributed by atoms with Gasteiger partial charge in [-0.2, -0.15) is 0 Å². The van der Waals surface area contributed by atoms with E-state index in [-0.39, 0.29) is 13.0 Å². The van der Waals surface area contributed by atoms with Crippen LogP contribution in [0.25, 0.3) is 5.70 Å². The second kappa shape index (κ2) is 8.09. The summed E-state index contributed by atoms with van der Waals surface area (Å²) in [6.45, 7) is 11.5. The number of carbonyl (C=O) groups is 2. The lowest BCUT2D eigenvalue weighted by Gasteiger charge is -2.29. The van der Waals surface area contributed by atoms with E-state index in [2.05, 4.69) is 5.48 Å². The Hall–Kier alpha value is -2.45. The zero-order chi connectivity index (χ0) is 24.2. The van der Waals surface area contributed by atoms with Gasteiger partial charge in [0.2, 0.25) is 0 Å². The standard InChI is InChI=1S/C24H31ClN2O6/c1-22(2,3)31-20(28)18-12-24(13-27(18)21(29)32-23(4,5)6)11-17(26-33-24)15-9-14-7-8-30-19(14)16(25)10-15/h9-11,18,26H,7-8,12-13H2,1-6H3/t18-,24+/m0/s1. The summed E-state index contributed by atoms with van der Waals surface area (Å²) < 4.78 is 16.7. The Morgan fingerprint density at radius 2 is 1.85 bits per heavy atom. The minimum Gasteiger partial charge on any atom is -0.491 e. The molecular formula is C24H31ClN2O6. The van der Waals surface area contributed by atoms with Gasteiger partial charge in [-0.25, -0.2) is 9.59 Å². The van der Waals surface area contributed by atoms with E-state index in [4.69, 9.17) is 30.6 Å². The summed E-state index contributed by atoms with van der Waals surface area (Å²) in [6, 6.07) is 2.99. The van der Waals surface area contributed by atoms with Gasteiger partial charge in [0.15, 0.2) is 0 Å². The SMILES string of the molecule is CC(C)(C)OC(=O)[C@@H]1C[C@]2(C=C(c3cc(Cl)c4c(c3)CCO4)NO2)CN1C(=O)OC(C)(C)C. The van der Waals surface area contributed by atoms with Gasteiger partial charge in [-0.1, -0.05) is 11.6 Å². The number of carbonyl (C=O) groups excluding carboxylic acids is 2. The maximum atomic E-state index is 13.0. The van der Waals surface area contributed by atoms with E-state index >= 15 is 0 Å². The molecule has 0 radical (unpaired) electrons. The number of likely N-dealkylation sites (tertiary alicyclic amines) is 1. The summed E-state index contributed by atoms with van der Waals surface area (Å²) in [5.41, 5.74) is 3.28. The van der Waals surface area contributed by atoms with Gasteiger partial charge in [0.25, 0.3) is 0 Å². The Bertz CT molecular complexity index is 971. The molecule has 1 N–H and O–H groups in total. The molecule has 4 rings (SSSR count). The first-order chi connectivity index (χ1) is 15.3. The second-order valence-corrected chi connectivity index (χ2v) is 11.1. The molecule has 1 saturated heterocycles. The Balaban J connectivity index is 1.62. The summed E-state index contributed by atoms with van der Waals surface area (Å²) >= 11 is 6.41. The lowest BCUT2D eigenvalue weighted by Crippen LogP contribution is -2.46. The lowest BCUT2D eigenvalue weighted by atomic mass is 9.97. The first-order valence-corrected chi connectivity index (χ1v) is 11.5. The molecule has 1 spiro atoms. The van der Waals surface area contributed by atoms with Crippen molar-refractivity contribution in [1.29, 1.82) is 0 Å².